The summed E-state index contributed by atoms with van der Waals surface area (Å²) >= 11 is 0. The van der Waals surface area contributed by atoms with Gasteiger partial charge in [0.15, 0.2) is 5.75 Å². The van der Waals surface area contributed by atoms with E-state index in [-0.39, 0.29) is 17.6 Å². The van der Waals surface area contributed by atoms with Crippen molar-refractivity contribution >= 4 is 5.69 Å². The number of phenolic OH excluding ortho intramolecular Hbond substituents is 1. The highest BCUT2D eigenvalue weighted by molar-refractivity contribution is 5.50. The van der Waals surface area contributed by atoms with Crippen molar-refractivity contribution in [3.05, 3.63) is 48.5 Å². The van der Waals surface area contributed by atoms with Gasteiger partial charge in [0.25, 0.3) is 5.95 Å². The number of halogens is 1. The average molecular weight is 313 g/mol. The molecule has 1 aromatic heterocycles. The van der Waals surface area contributed by atoms with Crippen molar-refractivity contribution in [2.75, 3.05) is 18.0 Å². The maximum atomic E-state index is 13.6. The SMILES string of the molecule is Oc1cc[c]c(N2C[C@H]3C[C@H](Oc4cccnc4F)C[C@H]3C2)c1. The number of rotatable bonds is 3. The van der Waals surface area contributed by atoms with Crippen LogP contribution in [0.15, 0.2) is 36.5 Å². The quantitative estimate of drug-likeness (QED) is 0.885. The van der Waals surface area contributed by atoms with E-state index < -0.39 is 5.95 Å². The smallest absolute Gasteiger partial charge is 0.255 e. The zero-order chi connectivity index (χ0) is 15.8. The van der Waals surface area contributed by atoms with Gasteiger partial charge >= 0.3 is 0 Å². The first-order valence-electron chi connectivity index (χ1n) is 7.92. The van der Waals surface area contributed by atoms with E-state index in [1.165, 1.54) is 6.20 Å². The molecule has 119 valence electrons. The van der Waals surface area contributed by atoms with Crippen molar-refractivity contribution in [3.63, 3.8) is 0 Å². The molecule has 2 aliphatic rings. The van der Waals surface area contributed by atoms with Crippen LogP contribution in [-0.2, 0) is 0 Å². The number of aromatic nitrogens is 1. The summed E-state index contributed by atoms with van der Waals surface area (Å²) in [6, 6.07) is 11.6. The van der Waals surface area contributed by atoms with Gasteiger partial charge in [-0.25, -0.2) is 4.98 Å². The Morgan fingerprint density at radius 2 is 2.04 bits per heavy atom. The molecule has 1 saturated heterocycles. The number of nitrogens with zero attached hydrogens (tertiary/aromatic N) is 2. The molecule has 1 N–H and O–H groups in total. The minimum atomic E-state index is -0.541. The number of fused-ring (bicyclic) bond motifs is 1. The standard InChI is InChI=1S/C18H18FN2O2/c19-18-17(5-2-6-20-18)23-16-7-12-10-21(11-13(12)8-16)14-3-1-4-15(22)9-14/h1-2,4-6,9,12-13,16,22H,7-8,10-11H2/t12-,13+,16+. The first-order valence-corrected chi connectivity index (χ1v) is 7.92. The van der Waals surface area contributed by atoms with Crippen LogP contribution in [0.3, 0.4) is 0 Å². The molecule has 1 aliphatic heterocycles. The average Bonchev–Trinajstić information content (AvgIpc) is 3.08. The van der Waals surface area contributed by atoms with Gasteiger partial charge in [-0.1, -0.05) is 0 Å². The second-order valence-electron chi connectivity index (χ2n) is 6.36. The molecule has 0 spiro atoms. The molecular weight excluding hydrogens is 295 g/mol. The second-order valence-corrected chi connectivity index (χ2v) is 6.36. The lowest BCUT2D eigenvalue weighted by molar-refractivity contribution is 0.189. The molecule has 1 aromatic carbocycles. The Balaban J connectivity index is 1.39. The fourth-order valence-corrected chi connectivity index (χ4v) is 3.80. The van der Waals surface area contributed by atoms with Gasteiger partial charge in [0.05, 0.1) is 6.10 Å². The Labute approximate surface area is 134 Å². The molecule has 2 aromatic rings. The number of hydrogen-bond acceptors (Lipinski definition) is 4. The highest BCUT2D eigenvalue weighted by Crippen LogP contribution is 2.41. The summed E-state index contributed by atoms with van der Waals surface area (Å²) in [5.74, 6) is 1.05. The largest absolute Gasteiger partial charge is 0.508 e. The van der Waals surface area contributed by atoms with E-state index in [0.29, 0.717) is 11.8 Å². The van der Waals surface area contributed by atoms with Crippen LogP contribution in [-0.4, -0.2) is 29.3 Å². The van der Waals surface area contributed by atoms with E-state index in [1.807, 2.05) is 0 Å². The Bertz CT molecular complexity index is 695. The third-order valence-electron chi connectivity index (χ3n) is 4.84. The van der Waals surface area contributed by atoms with E-state index >= 15 is 0 Å². The van der Waals surface area contributed by atoms with E-state index in [9.17, 15) is 9.50 Å². The number of hydrogen-bond donors (Lipinski definition) is 1. The first-order chi connectivity index (χ1) is 11.2. The third kappa shape index (κ3) is 2.83. The van der Waals surface area contributed by atoms with E-state index in [2.05, 4.69) is 16.0 Å². The van der Waals surface area contributed by atoms with Crippen LogP contribution in [0.25, 0.3) is 0 Å². The summed E-state index contributed by atoms with van der Waals surface area (Å²) in [5.41, 5.74) is 0.940. The summed E-state index contributed by atoms with van der Waals surface area (Å²) in [7, 11) is 0. The lowest BCUT2D eigenvalue weighted by Crippen LogP contribution is -2.24. The Morgan fingerprint density at radius 3 is 2.74 bits per heavy atom. The highest BCUT2D eigenvalue weighted by Gasteiger charge is 2.42. The van der Waals surface area contributed by atoms with E-state index in [1.54, 1.807) is 30.3 Å². The van der Waals surface area contributed by atoms with Crippen LogP contribution < -0.4 is 9.64 Å². The van der Waals surface area contributed by atoms with Crippen LogP contribution in [0, 0.1) is 23.8 Å². The van der Waals surface area contributed by atoms with Gasteiger partial charge in [0.2, 0.25) is 0 Å². The number of benzene rings is 1. The van der Waals surface area contributed by atoms with Crippen molar-refractivity contribution in [2.24, 2.45) is 11.8 Å². The van der Waals surface area contributed by atoms with Crippen molar-refractivity contribution in [2.45, 2.75) is 18.9 Å². The number of pyridine rings is 1. The molecule has 0 amide bonds. The predicted octanol–water partition coefficient (Wildman–Crippen LogP) is 3.02. The molecule has 4 rings (SSSR count). The normalized spacial score (nSPS) is 26.3. The maximum Gasteiger partial charge on any atom is 0.255 e. The van der Waals surface area contributed by atoms with Crippen molar-refractivity contribution in [3.8, 4) is 11.5 Å². The fraction of sp³-hybridized carbons (Fsp3) is 0.389. The summed E-state index contributed by atoms with van der Waals surface area (Å²) < 4.78 is 19.4. The summed E-state index contributed by atoms with van der Waals surface area (Å²) in [6.45, 7) is 1.86. The first kappa shape index (κ1) is 14.3. The summed E-state index contributed by atoms with van der Waals surface area (Å²) in [5, 5.41) is 9.60. The lowest BCUT2D eigenvalue weighted by Gasteiger charge is -2.21. The van der Waals surface area contributed by atoms with Gasteiger partial charge in [-0.3, -0.25) is 0 Å². The lowest BCUT2D eigenvalue weighted by atomic mass is 10.0. The number of anilines is 1. The zero-order valence-electron chi connectivity index (χ0n) is 12.7. The van der Waals surface area contributed by atoms with Crippen LogP contribution in [0.4, 0.5) is 10.1 Å². The van der Waals surface area contributed by atoms with Crippen LogP contribution in [0.2, 0.25) is 0 Å². The third-order valence-corrected chi connectivity index (χ3v) is 4.84. The van der Waals surface area contributed by atoms with Crippen molar-refractivity contribution in [1.29, 1.82) is 0 Å². The zero-order valence-corrected chi connectivity index (χ0v) is 12.7. The second kappa shape index (κ2) is 5.72. The van der Waals surface area contributed by atoms with Gasteiger partial charge in [-0.2, -0.15) is 4.39 Å². The van der Waals surface area contributed by atoms with Gasteiger partial charge in [-0.05, 0) is 48.9 Å². The van der Waals surface area contributed by atoms with Crippen LogP contribution >= 0.6 is 0 Å². The minimum absolute atomic E-state index is 0.0546. The molecular formula is C18H18FN2O2. The molecule has 4 nitrogen and oxygen atoms in total. The van der Waals surface area contributed by atoms with Gasteiger partial charge in [0, 0.05) is 37.1 Å². The predicted molar refractivity (Wildman–Crippen MR) is 84.0 cm³/mol. The Hall–Kier alpha value is -2.30. The Kier molecular flexibility index (Phi) is 3.56. The van der Waals surface area contributed by atoms with Gasteiger partial charge in [-0.15, -0.1) is 0 Å². The monoisotopic (exact) mass is 313 g/mol. The van der Waals surface area contributed by atoms with Crippen molar-refractivity contribution in [1.82, 2.24) is 4.98 Å². The number of ether oxygens (including phenoxy) is 1. The molecule has 1 aliphatic carbocycles. The topological polar surface area (TPSA) is 45.6 Å². The molecule has 0 bridgehead atoms. The van der Waals surface area contributed by atoms with Crippen LogP contribution in [0.5, 0.6) is 11.5 Å². The molecule has 5 heteroatoms. The molecule has 2 heterocycles. The van der Waals surface area contributed by atoms with Crippen LogP contribution in [0.1, 0.15) is 12.8 Å². The molecule has 1 radical (unpaired) electrons. The fourth-order valence-electron chi connectivity index (χ4n) is 3.80. The molecule has 0 unspecified atom stereocenters. The molecule has 3 atom stereocenters. The Morgan fingerprint density at radius 1 is 1.26 bits per heavy atom. The molecule has 1 saturated carbocycles. The van der Waals surface area contributed by atoms with E-state index in [4.69, 9.17) is 4.74 Å². The summed E-state index contributed by atoms with van der Waals surface area (Å²) in [6.07, 6.45) is 3.33. The molecule has 23 heavy (non-hydrogen) atoms. The highest BCUT2D eigenvalue weighted by atomic mass is 19.1. The minimum Gasteiger partial charge on any atom is -0.508 e. The van der Waals surface area contributed by atoms with Gasteiger partial charge < -0.3 is 14.7 Å². The number of aromatic hydroxyl groups is 1. The number of phenols is 1. The van der Waals surface area contributed by atoms with Crippen molar-refractivity contribution < 1.29 is 14.2 Å². The van der Waals surface area contributed by atoms with E-state index in [0.717, 1.165) is 31.6 Å². The molecule has 2 fully saturated rings. The van der Waals surface area contributed by atoms with Gasteiger partial charge in [0.1, 0.15) is 5.75 Å². The maximum absolute atomic E-state index is 13.6. The summed E-state index contributed by atoms with van der Waals surface area (Å²) in [4.78, 5) is 5.89.